The number of nitrogens with one attached hydrogen (secondary N) is 1. The standard InChI is InChI=1S/C4H8N2O/c7-4-1-5-3-6-2-4/h1,4,6-7H,2-3H2. The van der Waals surface area contributed by atoms with Crippen molar-refractivity contribution < 1.29 is 5.11 Å². The van der Waals surface area contributed by atoms with Gasteiger partial charge in [0, 0.05) is 12.8 Å². The van der Waals surface area contributed by atoms with Crippen LogP contribution in [-0.4, -0.2) is 30.6 Å². The van der Waals surface area contributed by atoms with E-state index in [0.717, 1.165) is 0 Å². The van der Waals surface area contributed by atoms with Gasteiger partial charge < -0.3 is 5.11 Å². The first kappa shape index (κ1) is 4.74. The molecule has 0 saturated heterocycles. The van der Waals surface area contributed by atoms with E-state index in [2.05, 4.69) is 10.3 Å². The van der Waals surface area contributed by atoms with E-state index in [1.54, 1.807) is 6.21 Å². The third kappa shape index (κ3) is 1.25. The fourth-order valence-electron chi connectivity index (χ4n) is 0.504. The minimum absolute atomic E-state index is 0.367. The Bertz CT molecular complexity index is 81.8. The maximum atomic E-state index is 8.70. The summed E-state index contributed by atoms with van der Waals surface area (Å²) in [5.74, 6) is 0. The predicted molar refractivity (Wildman–Crippen MR) is 27.4 cm³/mol. The fraction of sp³-hybridized carbons (Fsp3) is 0.750. The van der Waals surface area contributed by atoms with Crippen molar-refractivity contribution in [1.29, 1.82) is 0 Å². The average Bonchev–Trinajstić information content (AvgIpc) is 1.69. The number of rotatable bonds is 0. The summed E-state index contributed by atoms with van der Waals surface area (Å²) >= 11 is 0. The third-order valence-corrected chi connectivity index (χ3v) is 0.834. The van der Waals surface area contributed by atoms with Gasteiger partial charge in [0.05, 0.1) is 6.67 Å². The van der Waals surface area contributed by atoms with Crippen LogP contribution in [0.5, 0.6) is 0 Å². The van der Waals surface area contributed by atoms with Crippen molar-refractivity contribution >= 4 is 6.21 Å². The molecule has 1 heterocycles. The van der Waals surface area contributed by atoms with Gasteiger partial charge >= 0.3 is 0 Å². The highest BCUT2D eigenvalue weighted by molar-refractivity contribution is 5.63. The van der Waals surface area contributed by atoms with Crippen LogP contribution in [0.3, 0.4) is 0 Å². The molecule has 0 amide bonds. The van der Waals surface area contributed by atoms with E-state index in [4.69, 9.17) is 5.11 Å². The highest BCUT2D eigenvalue weighted by atomic mass is 16.3. The number of β-amino-alcohol motifs (C(OH)–C–C–N with tert-alkyl or cyclic N) is 1. The second-order valence-electron chi connectivity index (χ2n) is 1.51. The van der Waals surface area contributed by atoms with E-state index < -0.39 is 0 Å². The van der Waals surface area contributed by atoms with Gasteiger partial charge in [-0.2, -0.15) is 0 Å². The first-order chi connectivity index (χ1) is 3.39. The predicted octanol–water partition coefficient (Wildman–Crippen LogP) is -1.02. The SMILES string of the molecule is OC1C=NCNC1. The van der Waals surface area contributed by atoms with E-state index >= 15 is 0 Å². The molecule has 1 atom stereocenters. The maximum absolute atomic E-state index is 8.70. The van der Waals surface area contributed by atoms with Gasteiger partial charge in [-0.25, -0.2) is 0 Å². The molecule has 2 N–H and O–H groups in total. The molecule has 40 valence electrons. The number of aliphatic hydroxyl groups excluding tert-OH is 1. The molecule has 0 bridgehead atoms. The van der Waals surface area contributed by atoms with Crippen LogP contribution in [0, 0.1) is 0 Å². The lowest BCUT2D eigenvalue weighted by atomic mass is 10.4. The lowest BCUT2D eigenvalue weighted by Gasteiger charge is -2.09. The maximum Gasteiger partial charge on any atom is 0.101 e. The number of aliphatic imine (C=N–C) groups is 1. The summed E-state index contributed by atoms with van der Waals surface area (Å²) in [4.78, 5) is 3.77. The third-order valence-electron chi connectivity index (χ3n) is 0.834. The van der Waals surface area contributed by atoms with Gasteiger partial charge in [-0.05, 0) is 0 Å². The van der Waals surface area contributed by atoms with Crippen LogP contribution in [0.25, 0.3) is 0 Å². The molecule has 1 rings (SSSR count). The summed E-state index contributed by atoms with van der Waals surface area (Å²) in [6, 6.07) is 0. The first-order valence-corrected chi connectivity index (χ1v) is 2.28. The minimum Gasteiger partial charge on any atom is -0.386 e. The molecule has 1 unspecified atom stereocenters. The highest BCUT2D eigenvalue weighted by Gasteiger charge is 2.00. The number of hydrogen-bond donors (Lipinski definition) is 2. The molecule has 7 heavy (non-hydrogen) atoms. The van der Waals surface area contributed by atoms with Gasteiger partial charge in [0.25, 0.3) is 0 Å². The molecule has 0 aromatic heterocycles. The van der Waals surface area contributed by atoms with E-state index in [1.807, 2.05) is 0 Å². The van der Waals surface area contributed by atoms with Crippen LogP contribution in [0.15, 0.2) is 4.99 Å². The second kappa shape index (κ2) is 2.04. The Balaban J connectivity index is 2.36. The summed E-state index contributed by atoms with van der Waals surface area (Å²) in [7, 11) is 0. The summed E-state index contributed by atoms with van der Waals surface area (Å²) in [6.07, 6.45) is 1.19. The van der Waals surface area contributed by atoms with Crippen molar-refractivity contribution in [2.75, 3.05) is 13.2 Å². The Morgan fingerprint density at radius 1 is 1.86 bits per heavy atom. The van der Waals surface area contributed by atoms with Gasteiger partial charge in [0.1, 0.15) is 6.10 Å². The number of aliphatic hydroxyl groups is 1. The Morgan fingerprint density at radius 2 is 2.71 bits per heavy atom. The van der Waals surface area contributed by atoms with Crippen LogP contribution in [0.4, 0.5) is 0 Å². The zero-order valence-corrected chi connectivity index (χ0v) is 3.96. The number of hydrogen-bond acceptors (Lipinski definition) is 3. The monoisotopic (exact) mass is 100 g/mol. The van der Waals surface area contributed by atoms with E-state index in [-0.39, 0.29) is 6.10 Å². The van der Waals surface area contributed by atoms with Crippen LogP contribution in [0.1, 0.15) is 0 Å². The van der Waals surface area contributed by atoms with Gasteiger partial charge in [-0.15, -0.1) is 0 Å². The molecule has 3 nitrogen and oxygen atoms in total. The molecule has 0 fully saturated rings. The van der Waals surface area contributed by atoms with E-state index in [0.29, 0.717) is 13.2 Å². The molecule has 1 aliphatic heterocycles. The largest absolute Gasteiger partial charge is 0.386 e. The van der Waals surface area contributed by atoms with Crippen LogP contribution in [0.2, 0.25) is 0 Å². The smallest absolute Gasteiger partial charge is 0.101 e. The van der Waals surface area contributed by atoms with Crippen molar-refractivity contribution in [1.82, 2.24) is 5.32 Å². The first-order valence-electron chi connectivity index (χ1n) is 2.28. The zero-order chi connectivity index (χ0) is 5.11. The van der Waals surface area contributed by atoms with E-state index in [1.165, 1.54) is 0 Å². The summed E-state index contributed by atoms with van der Waals surface area (Å²) in [5, 5.41) is 11.6. The van der Waals surface area contributed by atoms with Crippen LogP contribution >= 0.6 is 0 Å². The number of nitrogens with zero attached hydrogens (tertiary/aromatic N) is 1. The molecule has 0 radical (unpaired) electrons. The van der Waals surface area contributed by atoms with Crippen molar-refractivity contribution in [2.24, 2.45) is 4.99 Å². The van der Waals surface area contributed by atoms with Crippen LogP contribution in [-0.2, 0) is 0 Å². The molecule has 0 aromatic rings. The molecular weight excluding hydrogens is 92.1 g/mol. The lowest BCUT2D eigenvalue weighted by molar-refractivity contribution is 0.236. The van der Waals surface area contributed by atoms with Gasteiger partial charge in [0.2, 0.25) is 0 Å². The van der Waals surface area contributed by atoms with E-state index in [9.17, 15) is 0 Å². The van der Waals surface area contributed by atoms with Crippen molar-refractivity contribution in [3.05, 3.63) is 0 Å². The molecule has 0 aliphatic carbocycles. The molecule has 3 heteroatoms. The molecule has 0 aromatic carbocycles. The molecule has 0 saturated carbocycles. The lowest BCUT2D eigenvalue weighted by Crippen LogP contribution is -2.32. The fourth-order valence-corrected chi connectivity index (χ4v) is 0.504. The van der Waals surface area contributed by atoms with Gasteiger partial charge in [-0.3, -0.25) is 10.3 Å². The second-order valence-corrected chi connectivity index (χ2v) is 1.51. The van der Waals surface area contributed by atoms with Crippen molar-refractivity contribution in [3.8, 4) is 0 Å². The normalized spacial score (nSPS) is 30.7. The Kier molecular flexibility index (Phi) is 1.38. The van der Waals surface area contributed by atoms with Crippen LogP contribution < -0.4 is 5.32 Å². The average molecular weight is 100 g/mol. The summed E-state index contributed by atoms with van der Waals surface area (Å²) < 4.78 is 0. The minimum atomic E-state index is -0.367. The summed E-state index contributed by atoms with van der Waals surface area (Å²) in [5.41, 5.74) is 0. The molecule has 1 aliphatic rings. The quantitative estimate of drug-likeness (QED) is 0.409. The summed E-state index contributed by atoms with van der Waals surface area (Å²) in [6.45, 7) is 1.29. The Morgan fingerprint density at radius 3 is 3.00 bits per heavy atom. The Labute approximate surface area is 42.1 Å². The topological polar surface area (TPSA) is 44.6 Å². The highest BCUT2D eigenvalue weighted by Crippen LogP contribution is 1.80. The van der Waals surface area contributed by atoms with Crippen molar-refractivity contribution in [2.45, 2.75) is 6.10 Å². The van der Waals surface area contributed by atoms with Gasteiger partial charge in [-0.1, -0.05) is 0 Å². The molecule has 0 spiro atoms. The van der Waals surface area contributed by atoms with Gasteiger partial charge in [0.15, 0.2) is 0 Å². The van der Waals surface area contributed by atoms with Crippen molar-refractivity contribution in [3.63, 3.8) is 0 Å². The molecular formula is C4H8N2O. The Hall–Kier alpha value is -0.410. The zero-order valence-electron chi connectivity index (χ0n) is 3.96.